The summed E-state index contributed by atoms with van der Waals surface area (Å²) in [7, 11) is 0. The van der Waals surface area contributed by atoms with Gasteiger partial charge in [0.1, 0.15) is 6.17 Å². The average molecular weight is 278 g/mol. The highest BCUT2D eigenvalue weighted by atomic mass is 32.1. The molecule has 0 spiro atoms. The third-order valence-electron chi connectivity index (χ3n) is 4.32. The van der Waals surface area contributed by atoms with Gasteiger partial charge in [-0.3, -0.25) is 10.1 Å². The molecule has 0 radical (unpaired) electrons. The van der Waals surface area contributed by atoms with Gasteiger partial charge in [0.15, 0.2) is 0 Å². The van der Waals surface area contributed by atoms with E-state index in [1.165, 1.54) is 4.88 Å². The molecule has 1 saturated heterocycles. The third-order valence-corrected chi connectivity index (χ3v) is 5.25. The number of hydrogen-bond donors (Lipinski definition) is 1. The maximum absolute atomic E-state index is 12.6. The number of carbonyl (C=O) groups excluding carboxylic acids is 1. The van der Waals surface area contributed by atoms with Crippen molar-refractivity contribution >= 4 is 17.2 Å². The van der Waals surface area contributed by atoms with Crippen LogP contribution in [-0.2, 0) is 4.79 Å². The van der Waals surface area contributed by atoms with Gasteiger partial charge in [0.05, 0.1) is 6.04 Å². The molecule has 1 aromatic heterocycles. The van der Waals surface area contributed by atoms with Crippen molar-refractivity contribution in [3.8, 4) is 0 Å². The van der Waals surface area contributed by atoms with Crippen molar-refractivity contribution in [2.75, 3.05) is 0 Å². The maximum Gasteiger partial charge on any atom is 0.241 e. The minimum Gasteiger partial charge on any atom is -0.318 e. The summed E-state index contributed by atoms with van der Waals surface area (Å²) in [6, 6.07) is 4.68. The zero-order valence-corrected chi connectivity index (χ0v) is 12.5. The molecule has 2 unspecified atom stereocenters. The number of carbonyl (C=O) groups is 1. The summed E-state index contributed by atoms with van der Waals surface area (Å²) in [5.41, 5.74) is 0. The topological polar surface area (TPSA) is 32.3 Å². The quantitative estimate of drug-likeness (QED) is 0.917. The summed E-state index contributed by atoms with van der Waals surface area (Å²) < 4.78 is 0. The predicted octanol–water partition coefficient (Wildman–Crippen LogP) is 3.15. The second-order valence-electron chi connectivity index (χ2n) is 5.90. The van der Waals surface area contributed by atoms with Crippen molar-refractivity contribution in [3.05, 3.63) is 22.4 Å². The van der Waals surface area contributed by atoms with E-state index in [2.05, 4.69) is 41.6 Å². The first-order valence-electron chi connectivity index (χ1n) is 7.32. The summed E-state index contributed by atoms with van der Waals surface area (Å²) in [4.78, 5) is 16.0. The van der Waals surface area contributed by atoms with Crippen LogP contribution in [0.3, 0.4) is 0 Å². The first kappa shape index (κ1) is 13.1. The Morgan fingerprint density at radius 1 is 1.47 bits per heavy atom. The van der Waals surface area contributed by atoms with Crippen molar-refractivity contribution < 1.29 is 4.79 Å². The minimum atomic E-state index is 0.0213. The van der Waals surface area contributed by atoms with E-state index in [1.54, 1.807) is 11.3 Å². The Morgan fingerprint density at radius 3 is 2.84 bits per heavy atom. The highest BCUT2D eigenvalue weighted by Crippen LogP contribution is 2.39. The molecule has 2 atom stereocenters. The molecular formula is C15H22N2OS. The van der Waals surface area contributed by atoms with E-state index >= 15 is 0 Å². The predicted molar refractivity (Wildman–Crippen MR) is 77.9 cm³/mol. The molecule has 1 saturated carbocycles. The van der Waals surface area contributed by atoms with E-state index in [0.29, 0.717) is 11.9 Å². The second-order valence-corrected chi connectivity index (χ2v) is 6.88. The standard InChI is InChI=1S/C15H22N2OS/c1-3-5-12-15(18)17(11-8-10(2)9-11)14(16-12)13-6-4-7-19-13/h4,6-7,10-12,14,16H,3,5,8-9H2,1-2H3. The van der Waals surface area contributed by atoms with Crippen LogP contribution in [0.1, 0.15) is 50.6 Å². The van der Waals surface area contributed by atoms with Gasteiger partial charge in [-0.2, -0.15) is 0 Å². The van der Waals surface area contributed by atoms with Gasteiger partial charge in [0.2, 0.25) is 5.91 Å². The summed E-state index contributed by atoms with van der Waals surface area (Å²) in [5.74, 6) is 1.09. The highest BCUT2D eigenvalue weighted by molar-refractivity contribution is 7.10. The lowest BCUT2D eigenvalue weighted by Crippen LogP contribution is -2.46. The molecule has 0 aromatic carbocycles. The summed E-state index contributed by atoms with van der Waals surface area (Å²) >= 11 is 1.74. The highest BCUT2D eigenvalue weighted by Gasteiger charge is 2.46. The monoisotopic (exact) mass is 278 g/mol. The van der Waals surface area contributed by atoms with Crippen LogP contribution >= 0.6 is 11.3 Å². The molecule has 0 bridgehead atoms. The first-order chi connectivity index (χ1) is 9.20. The molecule has 1 aromatic rings. The number of hydrogen-bond acceptors (Lipinski definition) is 3. The molecule has 2 fully saturated rings. The van der Waals surface area contributed by atoms with Crippen LogP contribution in [0.4, 0.5) is 0 Å². The molecule has 1 aliphatic heterocycles. The third kappa shape index (κ3) is 2.32. The number of nitrogens with zero attached hydrogens (tertiary/aromatic N) is 1. The Hall–Kier alpha value is -0.870. The molecule has 19 heavy (non-hydrogen) atoms. The largest absolute Gasteiger partial charge is 0.318 e. The van der Waals surface area contributed by atoms with Gasteiger partial charge >= 0.3 is 0 Å². The Balaban J connectivity index is 1.81. The summed E-state index contributed by atoms with van der Waals surface area (Å²) in [6.07, 6.45) is 4.43. The fourth-order valence-corrected chi connectivity index (χ4v) is 4.07. The van der Waals surface area contributed by atoms with Gasteiger partial charge in [-0.25, -0.2) is 0 Å². The molecular weight excluding hydrogens is 256 g/mol. The molecule has 2 heterocycles. The van der Waals surface area contributed by atoms with Crippen LogP contribution in [0.5, 0.6) is 0 Å². The van der Waals surface area contributed by atoms with Gasteiger partial charge in [0.25, 0.3) is 0 Å². The Bertz CT molecular complexity index is 439. The SMILES string of the molecule is CCCC1NC(c2cccs2)N(C2CC(C)C2)C1=O. The number of amides is 1. The van der Waals surface area contributed by atoms with Crippen LogP contribution in [0.25, 0.3) is 0 Å². The van der Waals surface area contributed by atoms with E-state index in [4.69, 9.17) is 0 Å². The van der Waals surface area contributed by atoms with Crippen LogP contribution in [-0.4, -0.2) is 22.9 Å². The molecule has 4 heteroatoms. The van der Waals surface area contributed by atoms with E-state index in [9.17, 15) is 4.79 Å². The number of thiophene rings is 1. The Labute approximate surface area is 119 Å². The molecule has 1 aliphatic carbocycles. The summed E-state index contributed by atoms with van der Waals surface area (Å²) in [5, 5.41) is 5.64. The van der Waals surface area contributed by atoms with Crippen molar-refractivity contribution in [3.63, 3.8) is 0 Å². The zero-order valence-electron chi connectivity index (χ0n) is 11.6. The van der Waals surface area contributed by atoms with Gasteiger partial charge in [-0.05, 0) is 36.6 Å². The minimum absolute atomic E-state index is 0.0213. The van der Waals surface area contributed by atoms with Crippen LogP contribution in [0.2, 0.25) is 0 Å². The van der Waals surface area contributed by atoms with E-state index < -0.39 is 0 Å². The number of nitrogens with one attached hydrogen (secondary N) is 1. The summed E-state index contributed by atoms with van der Waals surface area (Å²) in [6.45, 7) is 4.41. The normalized spacial score (nSPS) is 34.6. The lowest BCUT2D eigenvalue weighted by atomic mass is 9.80. The smallest absolute Gasteiger partial charge is 0.241 e. The van der Waals surface area contributed by atoms with Gasteiger partial charge in [0, 0.05) is 10.9 Å². The number of rotatable bonds is 4. The van der Waals surface area contributed by atoms with Crippen molar-refractivity contribution in [2.24, 2.45) is 5.92 Å². The second kappa shape index (κ2) is 5.25. The van der Waals surface area contributed by atoms with Crippen LogP contribution in [0.15, 0.2) is 17.5 Å². The lowest BCUT2D eigenvalue weighted by molar-refractivity contribution is -0.135. The van der Waals surface area contributed by atoms with Gasteiger partial charge in [-0.15, -0.1) is 11.3 Å². The Kier molecular flexibility index (Phi) is 3.63. The average Bonchev–Trinajstić information content (AvgIpc) is 2.96. The van der Waals surface area contributed by atoms with Crippen molar-refractivity contribution in [1.82, 2.24) is 10.2 Å². The fourth-order valence-electron chi connectivity index (χ4n) is 3.29. The maximum atomic E-state index is 12.6. The van der Waals surface area contributed by atoms with Crippen molar-refractivity contribution in [1.29, 1.82) is 0 Å². The molecule has 2 aliphatic rings. The molecule has 104 valence electrons. The van der Waals surface area contributed by atoms with Crippen molar-refractivity contribution in [2.45, 2.75) is 57.8 Å². The van der Waals surface area contributed by atoms with E-state index in [1.807, 2.05) is 0 Å². The molecule has 1 N–H and O–H groups in total. The van der Waals surface area contributed by atoms with Crippen LogP contribution < -0.4 is 5.32 Å². The zero-order chi connectivity index (χ0) is 13.4. The Morgan fingerprint density at radius 2 is 2.26 bits per heavy atom. The fraction of sp³-hybridized carbons (Fsp3) is 0.667. The van der Waals surface area contributed by atoms with Crippen LogP contribution in [0, 0.1) is 5.92 Å². The van der Waals surface area contributed by atoms with Gasteiger partial charge < -0.3 is 4.90 Å². The van der Waals surface area contributed by atoms with E-state index in [-0.39, 0.29) is 12.2 Å². The van der Waals surface area contributed by atoms with Gasteiger partial charge in [-0.1, -0.05) is 26.3 Å². The first-order valence-corrected chi connectivity index (χ1v) is 8.20. The van der Waals surface area contributed by atoms with E-state index in [0.717, 1.165) is 31.6 Å². The lowest BCUT2D eigenvalue weighted by Gasteiger charge is -2.42. The molecule has 3 nitrogen and oxygen atoms in total. The molecule has 3 rings (SSSR count). The molecule has 1 amide bonds.